The second-order valence-electron chi connectivity index (χ2n) is 4.95. The van der Waals surface area contributed by atoms with Gasteiger partial charge in [-0.15, -0.1) is 0 Å². The van der Waals surface area contributed by atoms with E-state index in [0.717, 1.165) is 18.3 Å². The summed E-state index contributed by atoms with van der Waals surface area (Å²) in [4.78, 5) is 15.1. The SMILES string of the molecule is CCOC(=O)Nc1[nH]nc2ncc(S(=O)(=O)c3cccc(F)c3)cc12. The van der Waals surface area contributed by atoms with Gasteiger partial charge in [-0.1, -0.05) is 6.07 Å². The number of fused-ring (bicyclic) bond motifs is 1. The van der Waals surface area contributed by atoms with Crippen LogP contribution in [0.3, 0.4) is 0 Å². The van der Waals surface area contributed by atoms with Crippen molar-refractivity contribution in [3.8, 4) is 0 Å². The minimum atomic E-state index is -3.97. The van der Waals surface area contributed by atoms with Gasteiger partial charge in [-0.3, -0.25) is 10.4 Å². The Morgan fingerprint density at radius 3 is 2.84 bits per heavy atom. The second-order valence-corrected chi connectivity index (χ2v) is 6.90. The summed E-state index contributed by atoms with van der Waals surface area (Å²) in [7, 11) is -3.97. The van der Waals surface area contributed by atoms with Crippen molar-refractivity contribution in [2.24, 2.45) is 0 Å². The van der Waals surface area contributed by atoms with Crippen molar-refractivity contribution < 1.29 is 22.3 Å². The summed E-state index contributed by atoms with van der Waals surface area (Å²) in [5.41, 5.74) is 0.213. The molecule has 130 valence electrons. The van der Waals surface area contributed by atoms with E-state index in [9.17, 15) is 17.6 Å². The van der Waals surface area contributed by atoms with E-state index in [2.05, 4.69) is 20.5 Å². The first-order valence-corrected chi connectivity index (χ1v) is 8.68. The zero-order valence-electron chi connectivity index (χ0n) is 13.0. The molecule has 0 atom stereocenters. The van der Waals surface area contributed by atoms with Crippen LogP contribution in [0.15, 0.2) is 46.3 Å². The number of nitrogens with zero attached hydrogens (tertiary/aromatic N) is 2. The first-order valence-electron chi connectivity index (χ1n) is 7.20. The van der Waals surface area contributed by atoms with Gasteiger partial charge in [0.1, 0.15) is 11.6 Å². The second kappa shape index (κ2) is 6.48. The van der Waals surface area contributed by atoms with Gasteiger partial charge in [0, 0.05) is 6.20 Å². The number of anilines is 1. The van der Waals surface area contributed by atoms with E-state index in [1.165, 1.54) is 18.2 Å². The van der Waals surface area contributed by atoms with Gasteiger partial charge in [0.2, 0.25) is 9.84 Å². The minimum absolute atomic E-state index is 0.150. The van der Waals surface area contributed by atoms with Crippen molar-refractivity contribution in [2.45, 2.75) is 16.7 Å². The number of carbonyl (C=O) groups excluding carboxylic acids is 1. The molecule has 8 nitrogen and oxygen atoms in total. The van der Waals surface area contributed by atoms with E-state index in [-0.39, 0.29) is 33.2 Å². The van der Waals surface area contributed by atoms with Gasteiger partial charge in [-0.05, 0) is 31.2 Å². The van der Waals surface area contributed by atoms with Crippen LogP contribution >= 0.6 is 0 Å². The van der Waals surface area contributed by atoms with Crippen molar-refractivity contribution in [1.82, 2.24) is 15.2 Å². The average Bonchev–Trinajstić information content (AvgIpc) is 2.97. The average molecular weight is 364 g/mol. The molecule has 0 radical (unpaired) electrons. The lowest BCUT2D eigenvalue weighted by Crippen LogP contribution is -2.13. The number of amides is 1. The summed E-state index contributed by atoms with van der Waals surface area (Å²) in [6, 6.07) is 5.97. The molecule has 1 amide bonds. The third-order valence-electron chi connectivity index (χ3n) is 3.30. The van der Waals surface area contributed by atoms with Gasteiger partial charge < -0.3 is 4.74 Å². The molecule has 2 heterocycles. The molecular formula is C15H13FN4O4S. The van der Waals surface area contributed by atoms with Crippen molar-refractivity contribution in [3.63, 3.8) is 0 Å². The van der Waals surface area contributed by atoms with E-state index in [1.54, 1.807) is 6.92 Å². The van der Waals surface area contributed by atoms with Crippen LogP contribution < -0.4 is 5.32 Å². The Labute approximate surface area is 141 Å². The number of hydrogen-bond donors (Lipinski definition) is 2. The molecule has 0 aliphatic heterocycles. The zero-order valence-corrected chi connectivity index (χ0v) is 13.8. The molecule has 3 rings (SSSR count). The standard InChI is InChI=1S/C15H13FN4O4S/c1-2-24-15(21)18-14-12-7-11(8-17-13(12)19-20-14)25(22,23)10-5-3-4-9(16)6-10/h3-8H,2H2,1H3,(H2,17,18,19,20,21). The highest BCUT2D eigenvalue weighted by atomic mass is 32.2. The maximum atomic E-state index is 13.3. The lowest BCUT2D eigenvalue weighted by molar-refractivity contribution is 0.168. The molecule has 0 fully saturated rings. The normalized spacial score (nSPS) is 11.4. The number of H-pyrrole nitrogens is 1. The maximum absolute atomic E-state index is 13.3. The lowest BCUT2D eigenvalue weighted by atomic mass is 10.3. The Balaban J connectivity index is 2.04. The Bertz CT molecular complexity index is 1050. The van der Waals surface area contributed by atoms with Gasteiger partial charge in [-0.25, -0.2) is 22.6 Å². The predicted octanol–water partition coefficient (Wildman–Crippen LogP) is 2.50. The van der Waals surface area contributed by atoms with Crippen LogP contribution in [0.4, 0.5) is 15.0 Å². The molecule has 2 aromatic heterocycles. The van der Waals surface area contributed by atoms with Crippen LogP contribution in [-0.2, 0) is 14.6 Å². The number of pyridine rings is 1. The Kier molecular flexibility index (Phi) is 4.36. The van der Waals surface area contributed by atoms with E-state index < -0.39 is 21.7 Å². The highest BCUT2D eigenvalue weighted by molar-refractivity contribution is 7.91. The number of carbonyl (C=O) groups is 1. The van der Waals surface area contributed by atoms with Gasteiger partial charge in [0.05, 0.1) is 21.8 Å². The number of sulfone groups is 1. The van der Waals surface area contributed by atoms with E-state index in [1.807, 2.05) is 0 Å². The number of ether oxygens (including phenoxy) is 1. The first kappa shape index (κ1) is 16.8. The van der Waals surface area contributed by atoms with Crippen molar-refractivity contribution in [1.29, 1.82) is 0 Å². The van der Waals surface area contributed by atoms with Crippen molar-refractivity contribution in [2.75, 3.05) is 11.9 Å². The molecule has 0 aliphatic carbocycles. The fourth-order valence-corrected chi connectivity index (χ4v) is 3.42. The predicted molar refractivity (Wildman–Crippen MR) is 86.4 cm³/mol. The number of halogens is 1. The van der Waals surface area contributed by atoms with Crippen molar-refractivity contribution >= 4 is 32.8 Å². The number of aromatic nitrogens is 3. The number of rotatable bonds is 4. The summed E-state index contributed by atoms with van der Waals surface area (Å²) >= 11 is 0. The van der Waals surface area contributed by atoms with E-state index in [4.69, 9.17) is 4.74 Å². The van der Waals surface area contributed by atoms with Crippen LogP contribution in [-0.4, -0.2) is 36.3 Å². The van der Waals surface area contributed by atoms with Crippen LogP contribution in [0.1, 0.15) is 6.92 Å². The molecule has 2 N–H and O–H groups in total. The number of benzene rings is 1. The molecule has 0 aliphatic rings. The van der Waals surface area contributed by atoms with Crippen molar-refractivity contribution in [3.05, 3.63) is 42.3 Å². The summed E-state index contributed by atoms with van der Waals surface area (Å²) in [6.45, 7) is 1.82. The Hall–Kier alpha value is -3.01. The number of aromatic amines is 1. The Morgan fingerprint density at radius 1 is 1.32 bits per heavy atom. The molecule has 0 spiro atoms. The molecule has 0 saturated carbocycles. The monoisotopic (exact) mass is 364 g/mol. The van der Waals surface area contributed by atoms with Crippen LogP contribution in [0, 0.1) is 5.82 Å². The highest BCUT2D eigenvalue weighted by Gasteiger charge is 2.21. The van der Waals surface area contributed by atoms with Crippen LogP contribution in [0.5, 0.6) is 0 Å². The fourth-order valence-electron chi connectivity index (χ4n) is 2.16. The third kappa shape index (κ3) is 3.29. The number of nitrogens with one attached hydrogen (secondary N) is 2. The topological polar surface area (TPSA) is 114 Å². The molecule has 0 bridgehead atoms. The summed E-state index contributed by atoms with van der Waals surface area (Å²) in [5, 5.41) is 9.13. The van der Waals surface area contributed by atoms with Gasteiger partial charge in [0.25, 0.3) is 0 Å². The smallest absolute Gasteiger partial charge is 0.412 e. The van der Waals surface area contributed by atoms with Gasteiger partial charge in [0.15, 0.2) is 5.65 Å². The minimum Gasteiger partial charge on any atom is -0.450 e. The first-order chi connectivity index (χ1) is 11.9. The van der Waals surface area contributed by atoms with Crippen LogP contribution in [0.2, 0.25) is 0 Å². The van der Waals surface area contributed by atoms with E-state index >= 15 is 0 Å². The highest BCUT2D eigenvalue weighted by Crippen LogP contribution is 2.26. The molecule has 25 heavy (non-hydrogen) atoms. The molecule has 3 aromatic rings. The van der Waals surface area contributed by atoms with Crippen LogP contribution in [0.25, 0.3) is 11.0 Å². The maximum Gasteiger partial charge on any atom is 0.412 e. The van der Waals surface area contributed by atoms with Gasteiger partial charge in [-0.2, -0.15) is 5.10 Å². The third-order valence-corrected chi connectivity index (χ3v) is 5.02. The molecule has 1 aromatic carbocycles. The number of hydrogen-bond acceptors (Lipinski definition) is 6. The van der Waals surface area contributed by atoms with E-state index in [0.29, 0.717) is 0 Å². The summed E-state index contributed by atoms with van der Waals surface area (Å²) < 4.78 is 43.4. The fraction of sp³-hybridized carbons (Fsp3) is 0.133. The zero-order chi connectivity index (χ0) is 18.0. The van der Waals surface area contributed by atoms with Gasteiger partial charge >= 0.3 is 6.09 Å². The summed E-state index contributed by atoms with van der Waals surface area (Å²) in [5.74, 6) is -0.514. The lowest BCUT2D eigenvalue weighted by Gasteiger charge is -2.06. The largest absolute Gasteiger partial charge is 0.450 e. The summed E-state index contributed by atoms with van der Waals surface area (Å²) in [6.07, 6.45) is 0.406. The quantitative estimate of drug-likeness (QED) is 0.735. The molecule has 0 unspecified atom stereocenters. The molecular weight excluding hydrogens is 351 g/mol. The molecule has 0 saturated heterocycles. The Morgan fingerprint density at radius 2 is 2.12 bits per heavy atom. The molecule has 10 heteroatoms.